The number of para-hydroxylation sites is 4. The summed E-state index contributed by atoms with van der Waals surface area (Å²) in [5, 5.41) is 4.53. The minimum absolute atomic E-state index is 0. The van der Waals surface area contributed by atoms with Crippen molar-refractivity contribution in [3.05, 3.63) is 175 Å². The molecule has 0 unspecified atom stereocenters. The van der Waals surface area contributed by atoms with Crippen molar-refractivity contribution in [3.63, 3.8) is 0 Å². The van der Waals surface area contributed by atoms with Crippen molar-refractivity contribution < 1.29 is 21.1 Å². The normalized spacial score (nSPS) is 12.2. The van der Waals surface area contributed by atoms with Gasteiger partial charge in [0.1, 0.15) is 11.6 Å². The molecule has 5 aromatic heterocycles. The van der Waals surface area contributed by atoms with Crippen molar-refractivity contribution in [1.82, 2.24) is 29.1 Å². The predicted molar refractivity (Wildman–Crippen MR) is 252 cm³/mol. The van der Waals surface area contributed by atoms with Crippen molar-refractivity contribution in [3.8, 4) is 45.1 Å². The molecule has 6 aromatic carbocycles. The van der Waals surface area contributed by atoms with Gasteiger partial charge in [0.05, 0.1) is 11.0 Å². The first-order valence-corrected chi connectivity index (χ1v) is 21.0. The second-order valence-electron chi connectivity index (χ2n) is 18.1. The van der Waals surface area contributed by atoms with E-state index in [0.717, 1.165) is 94.2 Å². The Bertz CT molecular complexity index is 3490. The molecule has 6 nitrogen and oxygen atoms in total. The van der Waals surface area contributed by atoms with Crippen LogP contribution >= 0.6 is 0 Å². The molecular weight excluding hydrogens is 940 g/mol. The van der Waals surface area contributed by atoms with E-state index >= 15 is 0 Å². The molecule has 0 fully saturated rings. The van der Waals surface area contributed by atoms with Crippen LogP contribution in [0.15, 0.2) is 158 Å². The Morgan fingerprint density at radius 3 is 2.10 bits per heavy atom. The third-order valence-corrected chi connectivity index (χ3v) is 12.1. The van der Waals surface area contributed by atoms with Crippen LogP contribution in [-0.2, 0) is 31.9 Å². The third-order valence-electron chi connectivity index (χ3n) is 12.1. The number of nitrogens with zero attached hydrogens (tertiary/aromatic N) is 6. The molecule has 0 aliphatic heterocycles. The van der Waals surface area contributed by atoms with Gasteiger partial charge in [-0.05, 0) is 103 Å². The van der Waals surface area contributed by atoms with E-state index in [0.29, 0.717) is 0 Å². The fraction of sp³-hybridized carbons (Fsp3) is 0.145. The molecule has 0 saturated heterocycles. The summed E-state index contributed by atoms with van der Waals surface area (Å²) in [6.07, 6.45) is 5.69. The number of benzene rings is 6. The summed E-state index contributed by atoms with van der Waals surface area (Å²) in [5.74, 6) is 1.72. The van der Waals surface area contributed by atoms with E-state index in [4.69, 9.17) is 15.0 Å². The van der Waals surface area contributed by atoms with Crippen LogP contribution in [0.25, 0.3) is 99.8 Å². The van der Waals surface area contributed by atoms with E-state index in [1.165, 1.54) is 16.7 Å². The van der Waals surface area contributed by atoms with Gasteiger partial charge in [0.2, 0.25) is 0 Å². The maximum Gasteiger partial charge on any atom is 2.00 e. The van der Waals surface area contributed by atoms with Crippen LogP contribution in [-0.4, -0.2) is 24.1 Å². The fourth-order valence-electron chi connectivity index (χ4n) is 9.10. The largest absolute Gasteiger partial charge is 2.00 e. The average Bonchev–Trinajstić information content (AvgIpc) is 3.95. The van der Waals surface area contributed by atoms with E-state index in [9.17, 15) is 0 Å². The Hall–Kier alpha value is -6.62. The number of pyridine rings is 2. The Morgan fingerprint density at radius 1 is 0.565 bits per heavy atom. The number of rotatable bonds is 5. The van der Waals surface area contributed by atoms with Crippen molar-refractivity contribution in [2.75, 3.05) is 0 Å². The monoisotopic (exact) mass is 983 g/mol. The van der Waals surface area contributed by atoms with Gasteiger partial charge >= 0.3 is 21.1 Å². The molecular formula is C55H44N6Pt. The van der Waals surface area contributed by atoms with Gasteiger partial charge in [-0.1, -0.05) is 131 Å². The van der Waals surface area contributed by atoms with Crippen molar-refractivity contribution in [2.24, 2.45) is 0 Å². The molecule has 7 heteroatoms. The van der Waals surface area contributed by atoms with Crippen LogP contribution < -0.4 is 4.98 Å². The van der Waals surface area contributed by atoms with Gasteiger partial charge in [-0.2, -0.15) is 0 Å². The summed E-state index contributed by atoms with van der Waals surface area (Å²) in [6, 6.07) is 53.5. The minimum atomic E-state index is -0.135. The average molecular weight is 984 g/mol. The molecule has 0 spiro atoms. The smallest absolute Gasteiger partial charge is 0.656 e. The standard InChI is InChI=1S/C55H44N6.Pt/c1-54(2,3)36-26-29-57-50(31-36)61-48-30-35(22-23-40(48)44-32-43(34-24-27-56-28-25-34)45(33-49(44)61)55(4,5)6)38-17-13-21-47-52(38)59-53(60(47)37-14-8-7-9-15-37)42-19-12-18-41-39-16-10-11-20-46(39)58-51(41)42;/h7-29,31-33H,1-6H3;/q-2;+2. The maximum atomic E-state index is 5.56. The Labute approximate surface area is 375 Å². The predicted octanol–water partition coefficient (Wildman–Crippen LogP) is 13.6. The van der Waals surface area contributed by atoms with E-state index < -0.39 is 0 Å². The van der Waals surface area contributed by atoms with Crippen LogP contribution in [0.1, 0.15) is 52.7 Å². The zero-order valence-corrected chi connectivity index (χ0v) is 37.8. The topological polar surface area (TPSA) is 62.6 Å². The zero-order valence-electron chi connectivity index (χ0n) is 35.5. The first-order chi connectivity index (χ1) is 29.5. The molecule has 0 aliphatic rings. The SMILES string of the molecule is CC(C)(C)c1ccnc(-n2c3[c-]c(-c4cccc5c4nc(-c4cccc6c4[n-]c4ccccc46)n5-c4ccccc4)ccc3c3cc(-c4ccncc4)c(C(C)(C)C)cc32)c1.[Pt+2]. The number of hydrogen-bond acceptors (Lipinski definition) is 3. The molecule has 5 heterocycles. The molecule has 0 radical (unpaired) electrons. The summed E-state index contributed by atoms with van der Waals surface area (Å²) in [6.45, 7) is 13.6. The summed E-state index contributed by atoms with van der Waals surface area (Å²) >= 11 is 0. The summed E-state index contributed by atoms with van der Waals surface area (Å²) < 4.78 is 4.59. The van der Waals surface area contributed by atoms with Gasteiger partial charge < -0.3 is 9.55 Å². The van der Waals surface area contributed by atoms with Crippen LogP contribution in [0.5, 0.6) is 0 Å². The molecule has 62 heavy (non-hydrogen) atoms. The van der Waals surface area contributed by atoms with Gasteiger partial charge in [-0.15, -0.1) is 34.8 Å². The van der Waals surface area contributed by atoms with E-state index in [-0.39, 0.29) is 31.9 Å². The van der Waals surface area contributed by atoms with Gasteiger partial charge in [0, 0.05) is 35.4 Å². The number of hydrogen-bond donors (Lipinski definition) is 0. The van der Waals surface area contributed by atoms with Gasteiger partial charge in [-0.3, -0.25) is 9.55 Å². The van der Waals surface area contributed by atoms with Crippen LogP contribution in [0.3, 0.4) is 0 Å². The van der Waals surface area contributed by atoms with Gasteiger partial charge in [0.25, 0.3) is 0 Å². The molecule has 11 rings (SSSR count). The van der Waals surface area contributed by atoms with Crippen LogP contribution in [0, 0.1) is 6.07 Å². The second kappa shape index (κ2) is 14.8. The minimum Gasteiger partial charge on any atom is -0.656 e. The Kier molecular flexibility index (Phi) is 9.42. The van der Waals surface area contributed by atoms with E-state index in [1.807, 2.05) is 24.7 Å². The number of fused-ring (bicyclic) bond motifs is 7. The second-order valence-corrected chi connectivity index (χ2v) is 18.1. The summed E-state index contributed by atoms with van der Waals surface area (Å²) in [5.41, 5.74) is 14.5. The molecule has 304 valence electrons. The molecule has 11 aromatic rings. The Morgan fingerprint density at radius 2 is 1.31 bits per heavy atom. The first-order valence-electron chi connectivity index (χ1n) is 21.0. The Balaban J connectivity index is 0.00000458. The van der Waals surface area contributed by atoms with Gasteiger partial charge in [-0.25, -0.2) is 9.97 Å². The molecule has 0 saturated carbocycles. The molecule has 0 aliphatic carbocycles. The van der Waals surface area contributed by atoms with Crippen LogP contribution in [0.4, 0.5) is 0 Å². The van der Waals surface area contributed by atoms with Gasteiger partial charge in [0.15, 0.2) is 0 Å². The molecule has 0 bridgehead atoms. The third kappa shape index (κ3) is 6.39. The summed E-state index contributed by atoms with van der Waals surface area (Å²) in [4.78, 5) is 20.1. The van der Waals surface area contributed by atoms with Crippen molar-refractivity contribution >= 4 is 54.6 Å². The molecule has 0 amide bonds. The number of imidazole rings is 1. The number of aromatic nitrogens is 6. The van der Waals surface area contributed by atoms with Crippen LogP contribution in [0.2, 0.25) is 0 Å². The molecule has 0 atom stereocenters. The maximum absolute atomic E-state index is 5.56. The van der Waals surface area contributed by atoms with Crippen molar-refractivity contribution in [1.29, 1.82) is 0 Å². The quantitative estimate of drug-likeness (QED) is 0.161. The summed E-state index contributed by atoms with van der Waals surface area (Å²) in [7, 11) is 0. The fourth-order valence-corrected chi connectivity index (χ4v) is 9.10. The molecule has 0 N–H and O–H groups in total. The van der Waals surface area contributed by atoms with E-state index in [2.05, 4.69) is 195 Å². The zero-order chi connectivity index (χ0) is 41.6. The first kappa shape index (κ1) is 39.5. The van der Waals surface area contributed by atoms with E-state index in [1.54, 1.807) is 0 Å². The van der Waals surface area contributed by atoms with Crippen molar-refractivity contribution in [2.45, 2.75) is 52.4 Å².